The topological polar surface area (TPSA) is 67.8 Å². The van der Waals surface area contributed by atoms with E-state index in [1.54, 1.807) is 35.6 Å². The lowest BCUT2D eigenvalue weighted by Gasteiger charge is -2.07. The summed E-state index contributed by atoms with van der Waals surface area (Å²) in [5.41, 5.74) is 1.15. The summed E-state index contributed by atoms with van der Waals surface area (Å²) < 4.78 is 0. The van der Waals surface area contributed by atoms with E-state index < -0.39 is 0 Å². The Morgan fingerprint density at radius 1 is 1.18 bits per heavy atom. The number of carbonyl (C=O) groups is 1. The highest BCUT2D eigenvalue weighted by Gasteiger charge is 2.14. The monoisotopic (exact) mass is 328 g/mol. The molecular weight excluding hydrogens is 316 g/mol. The molecule has 0 atom stereocenters. The summed E-state index contributed by atoms with van der Waals surface area (Å²) in [6.07, 6.45) is 5.27. The van der Waals surface area contributed by atoms with Gasteiger partial charge in [0.1, 0.15) is 5.69 Å². The molecule has 0 radical (unpaired) electrons. The van der Waals surface area contributed by atoms with Crippen molar-refractivity contribution in [1.29, 1.82) is 0 Å². The summed E-state index contributed by atoms with van der Waals surface area (Å²) >= 11 is 2.93. The molecule has 0 aliphatic heterocycles. The van der Waals surface area contributed by atoms with Crippen molar-refractivity contribution in [2.45, 2.75) is 4.90 Å². The van der Waals surface area contributed by atoms with Gasteiger partial charge in [-0.2, -0.15) is 0 Å². The van der Waals surface area contributed by atoms with Crippen LogP contribution in [0.3, 0.4) is 0 Å². The molecule has 3 aromatic rings. The van der Waals surface area contributed by atoms with Crippen LogP contribution in [0.2, 0.25) is 0 Å². The molecule has 5 nitrogen and oxygen atoms in total. The fraction of sp³-hybridized carbons (Fsp3) is 0.0667. The molecule has 0 saturated carbocycles. The van der Waals surface area contributed by atoms with Gasteiger partial charge in [0, 0.05) is 22.7 Å². The molecule has 0 unspecified atom stereocenters. The summed E-state index contributed by atoms with van der Waals surface area (Å²) in [7, 11) is 0. The molecule has 0 saturated heterocycles. The molecule has 0 bridgehead atoms. The number of hydrogen-bond acceptors (Lipinski definition) is 6. The van der Waals surface area contributed by atoms with Gasteiger partial charge >= 0.3 is 0 Å². The average Bonchev–Trinajstić information content (AvgIpc) is 3.06. The molecule has 1 amide bonds. The predicted octanol–water partition coefficient (Wildman–Crippen LogP) is 3.57. The predicted molar refractivity (Wildman–Crippen MR) is 89.3 cm³/mol. The van der Waals surface area contributed by atoms with Gasteiger partial charge in [-0.25, -0.2) is 15.0 Å². The Hall–Kier alpha value is -2.25. The fourth-order valence-corrected chi connectivity index (χ4v) is 3.12. The van der Waals surface area contributed by atoms with Crippen molar-refractivity contribution < 1.29 is 4.79 Å². The summed E-state index contributed by atoms with van der Waals surface area (Å²) in [5.74, 6) is 0.288. The highest BCUT2D eigenvalue weighted by Crippen LogP contribution is 2.26. The van der Waals surface area contributed by atoms with Crippen molar-refractivity contribution >= 4 is 34.7 Å². The van der Waals surface area contributed by atoms with E-state index >= 15 is 0 Å². The number of rotatable bonds is 4. The number of amides is 1. The minimum atomic E-state index is -0.236. The Balaban J connectivity index is 1.80. The van der Waals surface area contributed by atoms with Gasteiger partial charge in [0.25, 0.3) is 5.91 Å². The molecule has 1 aromatic carbocycles. The lowest BCUT2D eigenvalue weighted by molar-refractivity contribution is 0.102. The number of para-hydroxylation sites is 1. The molecule has 0 spiro atoms. The molecule has 110 valence electrons. The third kappa shape index (κ3) is 3.15. The zero-order valence-corrected chi connectivity index (χ0v) is 13.3. The maximum Gasteiger partial charge on any atom is 0.275 e. The number of anilines is 1. The Labute approximate surface area is 135 Å². The van der Waals surface area contributed by atoms with Crippen LogP contribution in [0, 0.1) is 0 Å². The lowest BCUT2D eigenvalue weighted by Crippen LogP contribution is -2.12. The van der Waals surface area contributed by atoms with Gasteiger partial charge in [-0.1, -0.05) is 12.1 Å². The largest absolute Gasteiger partial charge is 0.320 e. The molecule has 0 aliphatic rings. The van der Waals surface area contributed by atoms with Crippen LogP contribution in [0.5, 0.6) is 0 Å². The van der Waals surface area contributed by atoms with Crippen molar-refractivity contribution in [2.24, 2.45) is 0 Å². The second-order valence-electron chi connectivity index (χ2n) is 4.26. The first-order valence-corrected chi connectivity index (χ1v) is 8.55. The number of benzene rings is 1. The minimum Gasteiger partial charge on any atom is -0.320 e. The standard InChI is InChI=1S/C15H12N4OS2/c1-21-12-6-3-2-5-10(12)18-14(20)11-9-22-15(19-11)13-16-7-4-8-17-13/h2-9H,1H3,(H,18,20). The zero-order valence-electron chi connectivity index (χ0n) is 11.7. The maximum absolute atomic E-state index is 12.3. The van der Waals surface area contributed by atoms with Crippen molar-refractivity contribution in [1.82, 2.24) is 15.0 Å². The van der Waals surface area contributed by atoms with Gasteiger partial charge in [0.2, 0.25) is 0 Å². The van der Waals surface area contributed by atoms with Crippen molar-refractivity contribution in [3.05, 3.63) is 53.8 Å². The van der Waals surface area contributed by atoms with Crippen molar-refractivity contribution in [3.63, 3.8) is 0 Å². The SMILES string of the molecule is CSc1ccccc1NC(=O)c1csc(-c2ncccn2)n1. The van der Waals surface area contributed by atoms with E-state index in [2.05, 4.69) is 20.3 Å². The van der Waals surface area contributed by atoms with E-state index in [0.29, 0.717) is 16.5 Å². The van der Waals surface area contributed by atoms with E-state index in [1.807, 2.05) is 30.5 Å². The number of thiazole rings is 1. The van der Waals surface area contributed by atoms with Crippen LogP contribution >= 0.6 is 23.1 Å². The van der Waals surface area contributed by atoms with Crippen LogP contribution in [0.15, 0.2) is 53.0 Å². The van der Waals surface area contributed by atoms with E-state index in [9.17, 15) is 4.79 Å². The van der Waals surface area contributed by atoms with Gasteiger partial charge in [0.15, 0.2) is 10.8 Å². The average molecular weight is 328 g/mol. The van der Waals surface area contributed by atoms with Crippen molar-refractivity contribution in [3.8, 4) is 10.8 Å². The van der Waals surface area contributed by atoms with E-state index in [-0.39, 0.29) is 5.91 Å². The van der Waals surface area contributed by atoms with Crippen LogP contribution in [-0.4, -0.2) is 27.1 Å². The quantitative estimate of drug-likeness (QED) is 0.742. The molecule has 0 aliphatic carbocycles. The van der Waals surface area contributed by atoms with Gasteiger partial charge in [0.05, 0.1) is 5.69 Å². The zero-order chi connectivity index (χ0) is 15.4. The first-order chi connectivity index (χ1) is 10.8. The second kappa shape index (κ2) is 6.67. The number of thioether (sulfide) groups is 1. The van der Waals surface area contributed by atoms with Gasteiger partial charge < -0.3 is 5.32 Å². The van der Waals surface area contributed by atoms with Gasteiger partial charge in [-0.05, 0) is 24.5 Å². The summed E-state index contributed by atoms with van der Waals surface area (Å²) in [5, 5.41) is 5.23. The van der Waals surface area contributed by atoms with Crippen LogP contribution in [0.4, 0.5) is 5.69 Å². The minimum absolute atomic E-state index is 0.236. The molecule has 22 heavy (non-hydrogen) atoms. The van der Waals surface area contributed by atoms with E-state index in [0.717, 1.165) is 10.6 Å². The molecule has 0 fully saturated rings. The number of aromatic nitrogens is 3. The molecule has 2 aromatic heterocycles. The fourth-order valence-electron chi connectivity index (χ4n) is 1.82. The normalized spacial score (nSPS) is 10.4. The van der Waals surface area contributed by atoms with Crippen molar-refractivity contribution in [2.75, 3.05) is 11.6 Å². The third-order valence-electron chi connectivity index (χ3n) is 2.85. The number of hydrogen-bond donors (Lipinski definition) is 1. The van der Waals surface area contributed by atoms with Crippen LogP contribution in [-0.2, 0) is 0 Å². The number of carbonyl (C=O) groups excluding carboxylic acids is 1. The lowest BCUT2D eigenvalue weighted by atomic mass is 10.3. The van der Waals surface area contributed by atoms with Crippen LogP contribution in [0.25, 0.3) is 10.8 Å². The Morgan fingerprint density at radius 2 is 1.95 bits per heavy atom. The number of nitrogens with one attached hydrogen (secondary N) is 1. The molecule has 3 rings (SSSR count). The van der Waals surface area contributed by atoms with Gasteiger partial charge in [-0.15, -0.1) is 23.1 Å². The van der Waals surface area contributed by atoms with E-state index in [4.69, 9.17) is 0 Å². The Morgan fingerprint density at radius 3 is 2.73 bits per heavy atom. The molecule has 1 N–H and O–H groups in total. The Bertz CT molecular complexity index is 789. The summed E-state index contributed by atoms with van der Waals surface area (Å²) in [6.45, 7) is 0. The first kappa shape index (κ1) is 14.7. The smallest absolute Gasteiger partial charge is 0.275 e. The van der Waals surface area contributed by atoms with Gasteiger partial charge in [-0.3, -0.25) is 4.79 Å². The summed E-state index contributed by atoms with van der Waals surface area (Å²) in [4.78, 5) is 25.9. The van der Waals surface area contributed by atoms with Crippen LogP contribution < -0.4 is 5.32 Å². The molecule has 2 heterocycles. The first-order valence-electron chi connectivity index (χ1n) is 6.45. The third-order valence-corrected chi connectivity index (χ3v) is 4.48. The highest BCUT2D eigenvalue weighted by atomic mass is 32.2. The number of nitrogens with zero attached hydrogens (tertiary/aromatic N) is 3. The highest BCUT2D eigenvalue weighted by molar-refractivity contribution is 7.98. The van der Waals surface area contributed by atoms with Crippen LogP contribution in [0.1, 0.15) is 10.5 Å². The maximum atomic E-state index is 12.3. The Kier molecular flexibility index (Phi) is 4.45. The second-order valence-corrected chi connectivity index (χ2v) is 5.97. The summed E-state index contributed by atoms with van der Waals surface area (Å²) in [6, 6.07) is 9.40. The molecule has 7 heteroatoms. The molecular formula is C15H12N4OS2. The van der Waals surface area contributed by atoms with E-state index in [1.165, 1.54) is 11.3 Å².